The lowest BCUT2D eigenvalue weighted by molar-refractivity contribution is -0.109. The summed E-state index contributed by atoms with van der Waals surface area (Å²) in [6, 6.07) is 5.82. The third-order valence-electron chi connectivity index (χ3n) is 2.41. The Hall–Kier alpha value is -2.19. The van der Waals surface area contributed by atoms with E-state index in [-0.39, 0.29) is 5.90 Å². The van der Waals surface area contributed by atoms with Crippen molar-refractivity contribution in [2.24, 2.45) is 5.84 Å². The molecule has 1 rings (SSSR count). The fourth-order valence-electron chi connectivity index (χ4n) is 1.38. The van der Waals surface area contributed by atoms with Gasteiger partial charge in [-0.15, -0.1) is 0 Å². The highest BCUT2D eigenvalue weighted by atomic mass is 79.9. The zero-order chi connectivity index (χ0) is 17.0. The molecule has 0 aliphatic carbocycles. The molecule has 6 N–H and O–H groups in total. The van der Waals surface area contributed by atoms with E-state index < -0.39 is 0 Å². The van der Waals surface area contributed by atoms with E-state index in [2.05, 4.69) is 27.1 Å². The average Bonchev–Trinajstić information content (AvgIpc) is 2.53. The molecule has 1 aromatic carbocycles. The first-order valence-corrected chi connectivity index (χ1v) is 7.04. The lowest BCUT2D eigenvalue weighted by Crippen LogP contribution is -2.18. The number of anilines is 1. The van der Waals surface area contributed by atoms with E-state index in [9.17, 15) is 0 Å². The molecule has 0 saturated heterocycles. The minimum Gasteiger partial charge on any atom is -0.473 e. The number of ether oxygens (including phenoxy) is 1. The van der Waals surface area contributed by atoms with Gasteiger partial charge >= 0.3 is 0 Å². The highest BCUT2D eigenvalue weighted by Crippen LogP contribution is 2.25. The molecular formula is C14H20BrN5O2. The Bertz CT molecular complexity index is 546. The summed E-state index contributed by atoms with van der Waals surface area (Å²) < 4.78 is 6.30. The lowest BCUT2D eigenvalue weighted by atomic mass is 10.2. The summed E-state index contributed by atoms with van der Waals surface area (Å²) in [6.07, 6.45) is 3.11. The molecule has 0 aromatic heterocycles. The molecular weight excluding hydrogens is 350 g/mol. The molecule has 1 aromatic rings. The van der Waals surface area contributed by atoms with E-state index in [0.717, 1.165) is 15.7 Å². The second-order valence-electron chi connectivity index (χ2n) is 3.99. The number of hydrogen-bond acceptors (Lipinski definition) is 6. The molecule has 0 atom stereocenters. The number of halogens is 1. The first-order chi connectivity index (χ1) is 10.5. The minimum absolute atomic E-state index is 0.0498. The van der Waals surface area contributed by atoms with Crippen molar-refractivity contribution in [1.82, 2.24) is 5.43 Å². The molecule has 0 unspecified atom stereocenters. The van der Waals surface area contributed by atoms with Crippen LogP contribution in [0.4, 0.5) is 5.69 Å². The first-order valence-electron chi connectivity index (χ1n) is 6.25. The number of hydrogen-bond donors (Lipinski definition) is 5. The van der Waals surface area contributed by atoms with Crippen molar-refractivity contribution >= 4 is 40.1 Å². The van der Waals surface area contributed by atoms with Crippen LogP contribution < -0.4 is 16.6 Å². The van der Waals surface area contributed by atoms with Gasteiger partial charge in [-0.25, -0.2) is 5.84 Å². The minimum atomic E-state index is 0.0498. The van der Waals surface area contributed by atoms with E-state index >= 15 is 0 Å². The van der Waals surface area contributed by atoms with Crippen molar-refractivity contribution < 1.29 is 9.53 Å². The molecule has 0 heterocycles. The topological polar surface area (TPSA) is 124 Å². The molecule has 120 valence electrons. The molecule has 7 nitrogen and oxygen atoms in total. The maximum Gasteiger partial charge on any atom is 0.221 e. The summed E-state index contributed by atoms with van der Waals surface area (Å²) in [5.41, 5.74) is 4.36. The molecule has 1 amide bonds. The molecule has 0 bridgehead atoms. The highest BCUT2D eigenvalue weighted by molar-refractivity contribution is 9.10. The van der Waals surface area contributed by atoms with Crippen molar-refractivity contribution in [2.45, 2.75) is 13.5 Å². The largest absolute Gasteiger partial charge is 0.473 e. The van der Waals surface area contributed by atoms with Crippen molar-refractivity contribution in [2.75, 3.05) is 12.4 Å². The number of allylic oxidation sites excluding steroid dienone is 1. The third-order valence-corrected chi connectivity index (χ3v) is 3.16. The Balaban J connectivity index is 0.000000980. The van der Waals surface area contributed by atoms with Crippen LogP contribution in [0.1, 0.15) is 12.5 Å². The van der Waals surface area contributed by atoms with Gasteiger partial charge in [-0.3, -0.25) is 15.6 Å². The summed E-state index contributed by atoms with van der Waals surface area (Å²) in [7, 11) is 1.84. The maximum absolute atomic E-state index is 8.94. The van der Waals surface area contributed by atoms with Gasteiger partial charge in [0.1, 0.15) is 6.61 Å². The third kappa shape index (κ3) is 7.55. The molecule has 0 aliphatic heterocycles. The Kier molecular flexibility index (Phi) is 10.3. The zero-order valence-corrected chi connectivity index (χ0v) is 14.0. The number of nitrogens with two attached hydrogens (primary N) is 1. The van der Waals surface area contributed by atoms with E-state index in [4.69, 9.17) is 20.3 Å². The van der Waals surface area contributed by atoms with Gasteiger partial charge < -0.3 is 15.5 Å². The van der Waals surface area contributed by atoms with E-state index in [1.54, 1.807) is 12.3 Å². The average molecular weight is 370 g/mol. The quantitative estimate of drug-likeness (QED) is 0.131. The van der Waals surface area contributed by atoms with Gasteiger partial charge in [0.05, 0.1) is 0 Å². The SMILES string of the molecule is CNc1cccc(Br)c1COC(=N)/C=C(/C)C=N.NNC=O. The lowest BCUT2D eigenvalue weighted by Gasteiger charge is -2.12. The fraction of sp³-hybridized carbons (Fsp3) is 0.214. The Morgan fingerprint density at radius 3 is 2.64 bits per heavy atom. The molecule has 22 heavy (non-hydrogen) atoms. The summed E-state index contributed by atoms with van der Waals surface area (Å²) >= 11 is 3.46. The predicted molar refractivity (Wildman–Crippen MR) is 92.1 cm³/mol. The van der Waals surface area contributed by atoms with Crippen LogP contribution in [0, 0.1) is 10.8 Å². The number of hydrazine groups is 1. The van der Waals surface area contributed by atoms with Gasteiger partial charge in [0.2, 0.25) is 12.3 Å². The first kappa shape index (κ1) is 19.8. The van der Waals surface area contributed by atoms with Gasteiger partial charge in [0.25, 0.3) is 0 Å². The van der Waals surface area contributed by atoms with Crippen LogP contribution in [0.25, 0.3) is 0 Å². The van der Waals surface area contributed by atoms with Crippen molar-refractivity contribution in [3.8, 4) is 0 Å². The predicted octanol–water partition coefficient (Wildman–Crippen LogP) is 2.19. The zero-order valence-electron chi connectivity index (χ0n) is 12.4. The standard InChI is InChI=1S/C13H16BrN3O.CH4N2O/c1-9(7-15)6-13(16)18-8-10-11(14)4-3-5-12(10)17-2;2-3-1-4/h3-7,15-17H,8H2,1-2H3;1H,2H2,(H,3,4)/b9-6-,15-7?,16-13?;. The highest BCUT2D eigenvalue weighted by Gasteiger charge is 2.06. The normalized spacial score (nSPS) is 9.91. The number of rotatable bonds is 6. The number of benzene rings is 1. The van der Waals surface area contributed by atoms with Crippen LogP contribution in [-0.2, 0) is 16.1 Å². The van der Waals surface area contributed by atoms with Crippen LogP contribution in [0.15, 0.2) is 34.3 Å². The smallest absolute Gasteiger partial charge is 0.221 e. The summed E-state index contributed by atoms with van der Waals surface area (Å²) in [5.74, 6) is 4.46. The van der Waals surface area contributed by atoms with Crippen LogP contribution in [0.5, 0.6) is 0 Å². The maximum atomic E-state index is 8.94. The van der Waals surface area contributed by atoms with Crippen LogP contribution >= 0.6 is 15.9 Å². The monoisotopic (exact) mass is 369 g/mol. The van der Waals surface area contributed by atoms with Gasteiger partial charge in [-0.1, -0.05) is 22.0 Å². The van der Waals surface area contributed by atoms with Gasteiger partial charge in [0.15, 0.2) is 0 Å². The van der Waals surface area contributed by atoms with E-state index in [1.807, 2.05) is 25.2 Å². The van der Waals surface area contributed by atoms with Crippen molar-refractivity contribution in [3.63, 3.8) is 0 Å². The Labute approximate surface area is 138 Å². The molecule has 0 spiro atoms. The van der Waals surface area contributed by atoms with Gasteiger partial charge in [-0.2, -0.15) is 0 Å². The van der Waals surface area contributed by atoms with Crippen LogP contribution in [-0.4, -0.2) is 25.6 Å². The summed E-state index contributed by atoms with van der Waals surface area (Å²) in [6.45, 7) is 2.06. The van der Waals surface area contributed by atoms with E-state index in [1.165, 1.54) is 12.3 Å². The summed E-state index contributed by atoms with van der Waals surface area (Å²) in [4.78, 5) is 8.94. The molecule has 0 fully saturated rings. The van der Waals surface area contributed by atoms with Gasteiger partial charge in [-0.05, 0) is 24.6 Å². The number of carbonyl (C=O) groups is 1. The molecule has 0 saturated carbocycles. The Morgan fingerprint density at radius 2 is 2.14 bits per heavy atom. The second-order valence-corrected chi connectivity index (χ2v) is 4.84. The number of amides is 1. The molecule has 0 aliphatic rings. The molecule has 8 heteroatoms. The molecule has 0 radical (unpaired) electrons. The van der Waals surface area contributed by atoms with Crippen molar-refractivity contribution in [1.29, 1.82) is 10.8 Å². The Morgan fingerprint density at radius 1 is 1.50 bits per heavy atom. The number of carbonyl (C=O) groups excluding carboxylic acids is 1. The van der Waals surface area contributed by atoms with Crippen molar-refractivity contribution in [3.05, 3.63) is 39.9 Å². The fourth-order valence-corrected chi connectivity index (χ4v) is 1.86. The summed E-state index contributed by atoms with van der Waals surface area (Å²) in [5, 5.41) is 17.7. The van der Waals surface area contributed by atoms with Crippen LogP contribution in [0.2, 0.25) is 0 Å². The number of nitrogens with one attached hydrogen (secondary N) is 4. The second kappa shape index (κ2) is 11.5. The van der Waals surface area contributed by atoms with Gasteiger partial charge in [0, 0.05) is 35.1 Å². The van der Waals surface area contributed by atoms with Crippen LogP contribution in [0.3, 0.4) is 0 Å². The van der Waals surface area contributed by atoms with E-state index in [0.29, 0.717) is 18.6 Å².